The first-order valence-electron chi connectivity index (χ1n) is 9.61. The molecule has 0 aromatic carbocycles. The van der Waals surface area contributed by atoms with E-state index in [-0.39, 0.29) is 24.8 Å². The average molecular weight is 359 g/mol. The second kappa shape index (κ2) is 5.84. The number of nitrogens with zero attached hydrogens (tertiary/aromatic N) is 3. The highest BCUT2D eigenvalue weighted by Gasteiger charge is 2.40. The topological polar surface area (TPSA) is 50.9 Å². The molecule has 2 aromatic rings. The zero-order valence-corrected chi connectivity index (χ0v) is 14.6. The van der Waals surface area contributed by atoms with Gasteiger partial charge in [0.1, 0.15) is 0 Å². The number of alkyl halides is 2. The number of aliphatic hydroxyl groups is 1. The SMILES string of the molecule is OC(CC1c2nc(C3CC3)ccc2-c2cncn21)C1CCC(F)(F)CC1. The van der Waals surface area contributed by atoms with Crippen LogP contribution >= 0.6 is 0 Å². The molecule has 2 unspecified atom stereocenters. The Kier molecular flexibility index (Phi) is 3.68. The van der Waals surface area contributed by atoms with E-state index in [2.05, 4.69) is 21.7 Å². The molecule has 0 bridgehead atoms. The first-order valence-corrected chi connectivity index (χ1v) is 9.61. The van der Waals surface area contributed by atoms with Crippen molar-refractivity contribution < 1.29 is 13.9 Å². The van der Waals surface area contributed by atoms with E-state index in [1.807, 2.05) is 6.20 Å². The van der Waals surface area contributed by atoms with E-state index in [0.29, 0.717) is 25.2 Å². The number of rotatable bonds is 4. The molecule has 0 amide bonds. The average Bonchev–Trinajstić information content (AvgIpc) is 3.29. The largest absolute Gasteiger partial charge is 0.393 e. The van der Waals surface area contributed by atoms with Crippen molar-refractivity contribution in [2.45, 2.75) is 68.9 Å². The van der Waals surface area contributed by atoms with Crippen molar-refractivity contribution in [3.63, 3.8) is 0 Å². The van der Waals surface area contributed by atoms with Gasteiger partial charge in [0, 0.05) is 36.4 Å². The lowest BCUT2D eigenvalue weighted by Crippen LogP contribution is -2.32. The smallest absolute Gasteiger partial charge is 0.248 e. The Balaban J connectivity index is 1.40. The lowest BCUT2D eigenvalue weighted by molar-refractivity contribution is -0.0639. The van der Waals surface area contributed by atoms with Gasteiger partial charge < -0.3 is 9.67 Å². The highest BCUT2D eigenvalue weighted by Crippen LogP contribution is 2.46. The Morgan fingerprint density at radius 2 is 1.96 bits per heavy atom. The lowest BCUT2D eigenvalue weighted by atomic mass is 9.81. The molecule has 2 aliphatic carbocycles. The van der Waals surface area contributed by atoms with E-state index in [1.54, 1.807) is 6.33 Å². The fourth-order valence-corrected chi connectivity index (χ4v) is 4.55. The summed E-state index contributed by atoms with van der Waals surface area (Å²) in [4.78, 5) is 9.18. The third-order valence-electron chi connectivity index (χ3n) is 6.31. The molecule has 4 nitrogen and oxygen atoms in total. The molecule has 0 spiro atoms. The molecular weight excluding hydrogens is 336 g/mol. The molecule has 2 saturated carbocycles. The molecule has 0 saturated heterocycles. The normalized spacial score (nSPS) is 25.7. The lowest BCUT2D eigenvalue weighted by Gasteiger charge is -2.32. The van der Waals surface area contributed by atoms with Crippen LogP contribution in [0.25, 0.3) is 11.3 Å². The number of pyridine rings is 1. The zero-order valence-electron chi connectivity index (χ0n) is 14.6. The van der Waals surface area contributed by atoms with E-state index in [4.69, 9.17) is 4.98 Å². The Labute approximate surface area is 151 Å². The van der Waals surface area contributed by atoms with Gasteiger partial charge in [-0.1, -0.05) is 0 Å². The summed E-state index contributed by atoms with van der Waals surface area (Å²) in [6, 6.07) is 4.17. The highest BCUT2D eigenvalue weighted by atomic mass is 19.3. The summed E-state index contributed by atoms with van der Waals surface area (Å²) in [6.07, 6.45) is 6.49. The van der Waals surface area contributed by atoms with Crippen molar-refractivity contribution in [3.05, 3.63) is 36.0 Å². The molecule has 0 radical (unpaired) electrons. The van der Waals surface area contributed by atoms with Gasteiger partial charge in [-0.15, -0.1) is 0 Å². The van der Waals surface area contributed by atoms with Crippen LogP contribution in [-0.2, 0) is 0 Å². The minimum absolute atomic E-state index is 0.0568. The minimum Gasteiger partial charge on any atom is -0.393 e. The molecule has 2 fully saturated rings. The Hall–Kier alpha value is -1.82. The molecule has 2 aromatic heterocycles. The summed E-state index contributed by atoms with van der Waals surface area (Å²) in [5.41, 5.74) is 4.26. The van der Waals surface area contributed by atoms with E-state index < -0.39 is 12.0 Å². The third-order valence-corrected chi connectivity index (χ3v) is 6.31. The summed E-state index contributed by atoms with van der Waals surface area (Å²) < 4.78 is 28.9. The van der Waals surface area contributed by atoms with Crippen molar-refractivity contribution in [1.29, 1.82) is 0 Å². The Bertz CT molecular complexity index is 820. The van der Waals surface area contributed by atoms with Crippen LogP contribution in [0.15, 0.2) is 24.7 Å². The van der Waals surface area contributed by atoms with Gasteiger partial charge >= 0.3 is 0 Å². The number of hydrogen-bond acceptors (Lipinski definition) is 3. The van der Waals surface area contributed by atoms with Crippen LogP contribution in [0.4, 0.5) is 8.78 Å². The van der Waals surface area contributed by atoms with Gasteiger partial charge in [0.2, 0.25) is 5.92 Å². The summed E-state index contributed by atoms with van der Waals surface area (Å²) in [7, 11) is 0. The van der Waals surface area contributed by atoms with Gasteiger partial charge in [-0.25, -0.2) is 13.8 Å². The molecule has 138 valence electrons. The maximum atomic E-state index is 13.4. The van der Waals surface area contributed by atoms with Gasteiger partial charge in [0.05, 0.1) is 36.1 Å². The van der Waals surface area contributed by atoms with Crippen LogP contribution in [0, 0.1) is 5.92 Å². The van der Waals surface area contributed by atoms with Crippen LogP contribution in [0.1, 0.15) is 68.3 Å². The van der Waals surface area contributed by atoms with Crippen molar-refractivity contribution in [2.24, 2.45) is 5.92 Å². The molecule has 3 heterocycles. The van der Waals surface area contributed by atoms with Crippen LogP contribution in [-0.4, -0.2) is 31.7 Å². The van der Waals surface area contributed by atoms with Crippen LogP contribution < -0.4 is 0 Å². The molecule has 1 aliphatic heterocycles. The molecule has 6 heteroatoms. The minimum atomic E-state index is -2.56. The van der Waals surface area contributed by atoms with Gasteiger partial charge in [0.15, 0.2) is 0 Å². The maximum Gasteiger partial charge on any atom is 0.248 e. The highest BCUT2D eigenvalue weighted by molar-refractivity contribution is 5.67. The first-order chi connectivity index (χ1) is 12.5. The number of hydrogen-bond donors (Lipinski definition) is 1. The van der Waals surface area contributed by atoms with Gasteiger partial charge in [-0.3, -0.25) is 4.98 Å². The van der Waals surface area contributed by atoms with Crippen molar-refractivity contribution in [2.75, 3.05) is 0 Å². The number of halogens is 2. The van der Waals surface area contributed by atoms with Gasteiger partial charge in [-0.05, 0) is 43.7 Å². The zero-order chi connectivity index (χ0) is 17.9. The standard InChI is InChI=1S/C20H23F2N3O/c21-20(22)7-5-13(6-8-20)18(26)9-16-19-14(17-10-23-11-25(16)17)3-4-15(24-19)12-1-2-12/h3-4,10-13,16,18,26H,1-2,5-9H2. The molecule has 5 rings (SSSR count). The predicted octanol–water partition coefficient (Wildman–Crippen LogP) is 4.30. The van der Waals surface area contributed by atoms with Crippen molar-refractivity contribution in [1.82, 2.24) is 14.5 Å². The second-order valence-corrected chi connectivity index (χ2v) is 8.14. The quantitative estimate of drug-likeness (QED) is 0.885. The van der Waals surface area contributed by atoms with E-state index in [1.165, 1.54) is 12.8 Å². The molecule has 3 aliphatic rings. The maximum absolute atomic E-state index is 13.4. The number of aromatic nitrogens is 3. The summed E-state index contributed by atoms with van der Waals surface area (Å²) in [6.45, 7) is 0. The van der Waals surface area contributed by atoms with Gasteiger partial charge in [0.25, 0.3) is 0 Å². The molecular formula is C20H23F2N3O. The van der Waals surface area contributed by atoms with E-state index in [9.17, 15) is 13.9 Å². The summed E-state index contributed by atoms with van der Waals surface area (Å²) in [5, 5.41) is 10.8. The number of fused-ring (bicyclic) bond motifs is 3. The molecule has 26 heavy (non-hydrogen) atoms. The molecule has 1 N–H and O–H groups in total. The number of imidazole rings is 1. The Morgan fingerprint density at radius 1 is 1.19 bits per heavy atom. The van der Waals surface area contributed by atoms with Crippen LogP contribution in [0.5, 0.6) is 0 Å². The number of aliphatic hydroxyl groups excluding tert-OH is 1. The van der Waals surface area contributed by atoms with Crippen LogP contribution in [0.2, 0.25) is 0 Å². The van der Waals surface area contributed by atoms with Crippen LogP contribution in [0.3, 0.4) is 0 Å². The van der Waals surface area contributed by atoms with Crippen molar-refractivity contribution >= 4 is 0 Å². The second-order valence-electron chi connectivity index (χ2n) is 8.14. The van der Waals surface area contributed by atoms with Gasteiger partial charge in [-0.2, -0.15) is 0 Å². The Morgan fingerprint density at radius 3 is 2.69 bits per heavy atom. The third kappa shape index (κ3) is 2.75. The summed E-state index contributed by atoms with van der Waals surface area (Å²) >= 11 is 0. The van der Waals surface area contributed by atoms with E-state index >= 15 is 0 Å². The van der Waals surface area contributed by atoms with E-state index in [0.717, 1.165) is 22.6 Å². The predicted molar refractivity (Wildman–Crippen MR) is 93.1 cm³/mol. The fraction of sp³-hybridized carbons (Fsp3) is 0.600. The fourth-order valence-electron chi connectivity index (χ4n) is 4.55. The molecule has 2 atom stereocenters. The first kappa shape index (κ1) is 16.4. The monoisotopic (exact) mass is 359 g/mol. The summed E-state index contributed by atoms with van der Waals surface area (Å²) in [5.74, 6) is -2.05. The van der Waals surface area contributed by atoms with Crippen molar-refractivity contribution in [3.8, 4) is 11.3 Å².